The van der Waals surface area contributed by atoms with Gasteiger partial charge in [0.25, 0.3) is 0 Å². The monoisotopic (exact) mass is 295 g/mol. The van der Waals surface area contributed by atoms with Crippen molar-refractivity contribution in [2.24, 2.45) is 7.05 Å². The van der Waals surface area contributed by atoms with Gasteiger partial charge < -0.3 is 10.6 Å². The van der Waals surface area contributed by atoms with Crippen LogP contribution in [0.3, 0.4) is 0 Å². The van der Waals surface area contributed by atoms with Crippen molar-refractivity contribution in [3.8, 4) is 0 Å². The first kappa shape index (κ1) is 15.2. The Labute approximate surface area is 122 Å². The van der Waals surface area contributed by atoms with E-state index in [-0.39, 0.29) is 11.6 Å². The average molecular weight is 295 g/mol. The van der Waals surface area contributed by atoms with Crippen molar-refractivity contribution in [2.75, 3.05) is 23.7 Å². The zero-order valence-electron chi connectivity index (χ0n) is 12.2. The van der Waals surface area contributed by atoms with Crippen molar-refractivity contribution < 1.29 is 8.78 Å². The average Bonchev–Trinajstić information content (AvgIpc) is 2.85. The van der Waals surface area contributed by atoms with Gasteiger partial charge in [-0.05, 0) is 18.4 Å². The Balaban J connectivity index is 1.98. The molecule has 0 aliphatic carbocycles. The number of pyridine rings is 1. The first-order valence-electron chi connectivity index (χ1n) is 6.91. The molecule has 0 fully saturated rings. The molecule has 2 aromatic heterocycles. The van der Waals surface area contributed by atoms with Gasteiger partial charge in [0.1, 0.15) is 0 Å². The summed E-state index contributed by atoms with van der Waals surface area (Å²) < 4.78 is 28.9. The highest BCUT2D eigenvalue weighted by Gasteiger charge is 2.11. The van der Waals surface area contributed by atoms with Gasteiger partial charge in [0, 0.05) is 32.4 Å². The predicted molar refractivity (Wildman–Crippen MR) is 78.3 cm³/mol. The van der Waals surface area contributed by atoms with E-state index in [0.29, 0.717) is 19.5 Å². The highest BCUT2D eigenvalue weighted by Crippen LogP contribution is 2.19. The third kappa shape index (κ3) is 4.14. The number of aromatic nitrogens is 3. The first-order valence-corrected chi connectivity index (χ1v) is 6.91. The van der Waals surface area contributed by atoms with Crippen LogP contribution in [-0.2, 0) is 13.5 Å². The molecule has 0 saturated carbocycles. The van der Waals surface area contributed by atoms with Crippen LogP contribution in [0.15, 0.2) is 18.5 Å². The lowest BCUT2D eigenvalue weighted by Gasteiger charge is -2.10. The molecule has 114 valence electrons. The molecule has 2 aromatic rings. The molecule has 2 heterocycles. The fourth-order valence-corrected chi connectivity index (χ4v) is 1.88. The minimum Gasteiger partial charge on any atom is -0.368 e. The molecule has 0 radical (unpaired) electrons. The third-order valence-corrected chi connectivity index (χ3v) is 2.94. The Morgan fingerprint density at radius 1 is 1.14 bits per heavy atom. The van der Waals surface area contributed by atoms with Gasteiger partial charge in [0.2, 0.25) is 0 Å². The molecule has 21 heavy (non-hydrogen) atoms. The molecule has 0 aliphatic heterocycles. The number of rotatable bonds is 7. The van der Waals surface area contributed by atoms with Crippen LogP contribution in [0, 0.1) is 11.6 Å². The van der Waals surface area contributed by atoms with Gasteiger partial charge in [-0.3, -0.25) is 4.68 Å². The Hall–Kier alpha value is -2.18. The summed E-state index contributed by atoms with van der Waals surface area (Å²) >= 11 is 0. The molecule has 2 N–H and O–H groups in total. The molecule has 0 amide bonds. The van der Waals surface area contributed by atoms with E-state index in [4.69, 9.17) is 0 Å². The van der Waals surface area contributed by atoms with Crippen LogP contribution in [0.5, 0.6) is 0 Å². The van der Waals surface area contributed by atoms with Gasteiger partial charge in [-0.1, -0.05) is 6.92 Å². The number of nitrogens with one attached hydrogen (secondary N) is 2. The molecule has 0 atom stereocenters. The van der Waals surface area contributed by atoms with Gasteiger partial charge in [0.15, 0.2) is 23.3 Å². The molecule has 0 bridgehead atoms. The van der Waals surface area contributed by atoms with Crippen molar-refractivity contribution in [1.82, 2.24) is 14.8 Å². The lowest BCUT2D eigenvalue weighted by atomic mass is 10.2. The summed E-state index contributed by atoms with van der Waals surface area (Å²) in [6.45, 7) is 3.04. The fourth-order valence-electron chi connectivity index (χ4n) is 1.88. The Morgan fingerprint density at radius 2 is 1.81 bits per heavy atom. The van der Waals surface area contributed by atoms with Gasteiger partial charge in [-0.25, -0.2) is 13.8 Å². The summed E-state index contributed by atoms with van der Waals surface area (Å²) in [5.74, 6) is -1.25. The van der Waals surface area contributed by atoms with Gasteiger partial charge >= 0.3 is 0 Å². The molecule has 0 aliphatic rings. The topological polar surface area (TPSA) is 54.8 Å². The van der Waals surface area contributed by atoms with Crippen LogP contribution >= 0.6 is 0 Å². The van der Waals surface area contributed by atoms with Crippen molar-refractivity contribution in [3.05, 3.63) is 35.7 Å². The van der Waals surface area contributed by atoms with E-state index in [1.165, 1.54) is 0 Å². The highest BCUT2D eigenvalue weighted by molar-refractivity contribution is 5.47. The summed E-state index contributed by atoms with van der Waals surface area (Å²) in [6, 6.07) is 0.845. The maximum atomic E-state index is 13.7. The quantitative estimate of drug-likeness (QED) is 0.824. The molecule has 0 spiro atoms. The number of hydrogen-bond donors (Lipinski definition) is 2. The minimum absolute atomic E-state index is 0.0545. The molecule has 0 unspecified atom stereocenters. The molecule has 0 saturated heterocycles. The third-order valence-electron chi connectivity index (χ3n) is 2.94. The number of anilines is 2. The fraction of sp³-hybridized carbons (Fsp3) is 0.429. The highest BCUT2D eigenvalue weighted by atomic mass is 19.1. The molecule has 7 heteroatoms. The largest absolute Gasteiger partial charge is 0.368 e. The van der Waals surface area contributed by atoms with E-state index >= 15 is 0 Å². The molecular formula is C14H19F2N5. The van der Waals surface area contributed by atoms with Crippen LogP contribution in [0.2, 0.25) is 0 Å². The van der Waals surface area contributed by atoms with Crippen molar-refractivity contribution in [2.45, 2.75) is 19.8 Å². The number of hydrogen-bond acceptors (Lipinski definition) is 4. The first-order chi connectivity index (χ1) is 10.1. The lowest BCUT2D eigenvalue weighted by Crippen LogP contribution is -2.11. The van der Waals surface area contributed by atoms with Crippen LogP contribution in [-0.4, -0.2) is 27.9 Å². The smallest absolute Gasteiger partial charge is 0.168 e. The Bertz CT molecular complexity index is 597. The number of halogens is 2. The van der Waals surface area contributed by atoms with Crippen molar-refractivity contribution in [1.29, 1.82) is 0 Å². The van der Waals surface area contributed by atoms with E-state index in [2.05, 4.69) is 20.7 Å². The van der Waals surface area contributed by atoms with E-state index in [1.54, 1.807) is 10.9 Å². The van der Waals surface area contributed by atoms with Crippen LogP contribution in [0.4, 0.5) is 20.4 Å². The molecule has 2 rings (SSSR count). The zero-order chi connectivity index (χ0) is 15.2. The Kier molecular flexibility index (Phi) is 5.08. The minimum atomic E-state index is -0.694. The molecular weight excluding hydrogens is 276 g/mol. The second-order valence-electron chi connectivity index (χ2n) is 4.78. The van der Waals surface area contributed by atoms with Crippen LogP contribution < -0.4 is 10.6 Å². The predicted octanol–water partition coefficient (Wildman–Crippen LogP) is 2.57. The number of aryl methyl sites for hydroxylation is 1. The molecule has 5 nitrogen and oxygen atoms in total. The van der Waals surface area contributed by atoms with Crippen LogP contribution in [0.25, 0.3) is 0 Å². The van der Waals surface area contributed by atoms with E-state index in [9.17, 15) is 8.78 Å². The van der Waals surface area contributed by atoms with E-state index in [0.717, 1.165) is 18.1 Å². The van der Waals surface area contributed by atoms with Crippen LogP contribution in [0.1, 0.15) is 18.9 Å². The summed E-state index contributed by atoms with van der Waals surface area (Å²) in [6.07, 6.45) is 5.17. The van der Waals surface area contributed by atoms with Gasteiger partial charge in [-0.15, -0.1) is 0 Å². The molecule has 0 aromatic carbocycles. The maximum absolute atomic E-state index is 13.7. The van der Waals surface area contributed by atoms with Gasteiger partial charge in [-0.2, -0.15) is 5.10 Å². The number of nitrogens with zero attached hydrogens (tertiary/aromatic N) is 3. The zero-order valence-corrected chi connectivity index (χ0v) is 12.2. The standard InChI is InChI=1S/C14H19F2N5/c1-3-5-17-13-11(15)7-12(16)14(20-13)18-6-4-10-8-19-21(2)9-10/h7-9H,3-6H2,1-2H3,(H2,17,18,20). The van der Waals surface area contributed by atoms with E-state index < -0.39 is 11.6 Å². The van der Waals surface area contributed by atoms with Crippen molar-refractivity contribution >= 4 is 11.6 Å². The second-order valence-corrected chi connectivity index (χ2v) is 4.78. The summed E-state index contributed by atoms with van der Waals surface area (Å²) in [5.41, 5.74) is 1.04. The maximum Gasteiger partial charge on any atom is 0.168 e. The normalized spacial score (nSPS) is 10.7. The Morgan fingerprint density at radius 3 is 2.38 bits per heavy atom. The van der Waals surface area contributed by atoms with Gasteiger partial charge in [0.05, 0.1) is 6.20 Å². The summed E-state index contributed by atoms with van der Waals surface area (Å²) in [7, 11) is 1.84. The SMILES string of the molecule is CCCNc1nc(NCCc2cnn(C)c2)c(F)cc1F. The van der Waals surface area contributed by atoms with Crippen molar-refractivity contribution in [3.63, 3.8) is 0 Å². The summed E-state index contributed by atoms with van der Waals surface area (Å²) in [5, 5.41) is 9.78. The lowest BCUT2D eigenvalue weighted by molar-refractivity contribution is 0.577. The summed E-state index contributed by atoms with van der Waals surface area (Å²) in [4.78, 5) is 3.95. The second kappa shape index (κ2) is 7.01. The van der Waals surface area contributed by atoms with E-state index in [1.807, 2.05) is 20.2 Å².